The van der Waals surface area contributed by atoms with Gasteiger partial charge in [0, 0.05) is 0 Å². The van der Waals surface area contributed by atoms with E-state index in [-0.39, 0.29) is 22.0 Å². The van der Waals surface area contributed by atoms with E-state index in [1.807, 2.05) is 12.1 Å². The summed E-state index contributed by atoms with van der Waals surface area (Å²) in [5.41, 5.74) is -4.11. The van der Waals surface area contributed by atoms with Gasteiger partial charge >= 0.3 is 18.5 Å². The number of para-hydroxylation sites is 2. The van der Waals surface area contributed by atoms with E-state index in [0.717, 1.165) is 27.0 Å². The van der Waals surface area contributed by atoms with Crippen LogP contribution in [0.15, 0.2) is 133 Å². The first-order valence-electron chi connectivity index (χ1n) is 18.6. The van der Waals surface area contributed by atoms with Crippen molar-refractivity contribution in [2.45, 2.75) is 18.5 Å². The van der Waals surface area contributed by atoms with Gasteiger partial charge in [-0.15, -0.1) is 0 Å². The highest BCUT2D eigenvalue weighted by Crippen LogP contribution is 2.41. The fourth-order valence-corrected chi connectivity index (χ4v) is 8.22. The van der Waals surface area contributed by atoms with Crippen molar-refractivity contribution in [1.29, 1.82) is 0 Å². The average Bonchev–Trinajstić information content (AvgIpc) is 3.90. The van der Waals surface area contributed by atoms with Gasteiger partial charge in [-0.3, -0.25) is 19.4 Å². The first-order valence-corrected chi connectivity index (χ1v) is 20.2. The van der Waals surface area contributed by atoms with Crippen LogP contribution in [0, 0.1) is 5.82 Å². The molecule has 8 rings (SSSR count). The molecule has 20 heteroatoms. The molecule has 65 heavy (non-hydrogen) atoms. The molecule has 334 valence electrons. The summed E-state index contributed by atoms with van der Waals surface area (Å²) in [6, 6.07) is 29.1. The lowest BCUT2D eigenvalue weighted by atomic mass is 10.0. The van der Waals surface area contributed by atoms with Crippen LogP contribution < -0.4 is 19.3 Å². The van der Waals surface area contributed by atoms with Gasteiger partial charge in [-0.05, 0) is 109 Å². The minimum Gasteiger partial charge on any atom is -0.497 e. The Balaban J connectivity index is 0.000000195. The number of alkyl halides is 9. The van der Waals surface area contributed by atoms with Crippen LogP contribution in [0.3, 0.4) is 0 Å². The van der Waals surface area contributed by atoms with E-state index >= 15 is 0 Å². The summed E-state index contributed by atoms with van der Waals surface area (Å²) >= 11 is 2.26. The number of benzene rings is 6. The Hall–Kier alpha value is -7.06. The van der Waals surface area contributed by atoms with Crippen LogP contribution in [0.1, 0.15) is 37.4 Å². The van der Waals surface area contributed by atoms with Crippen LogP contribution in [0.25, 0.3) is 20.4 Å². The molecule has 8 nitrogen and oxygen atoms in total. The van der Waals surface area contributed by atoms with Gasteiger partial charge in [0.1, 0.15) is 17.3 Å². The quantitative estimate of drug-likeness (QED) is 0.141. The molecular formula is C45H28F10N4O4S2. The minimum absolute atomic E-state index is 0.0578. The maximum absolute atomic E-state index is 14.6. The summed E-state index contributed by atoms with van der Waals surface area (Å²) in [6.45, 7) is 0. The summed E-state index contributed by atoms with van der Waals surface area (Å²) < 4.78 is 145. The smallest absolute Gasteiger partial charge is 0.417 e. The highest BCUT2D eigenvalue weighted by molar-refractivity contribution is 7.22. The fraction of sp³-hybridized carbons (Fsp3) is 0.111. The normalized spacial score (nSPS) is 11.8. The zero-order valence-corrected chi connectivity index (χ0v) is 34.9. The molecule has 0 saturated carbocycles. The van der Waals surface area contributed by atoms with Gasteiger partial charge in [0.15, 0.2) is 10.3 Å². The van der Waals surface area contributed by atoms with E-state index in [1.54, 1.807) is 60.7 Å². The third kappa shape index (κ3) is 10.0. The molecule has 0 aliphatic heterocycles. The molecule has 0 N–H and O–H groups in total. The fourth-order valence-electron chi connectivity index (χ4n) is 6.25. The average molecular weight is 943 g/mol. The molecule has 6 aromatic carbocycles. The zero-order chi connectivity index (χ0) is 46.8. The van der Waals surface area contributed by atoms with Crippen molar-refractivity contribution in [3.63, 3.8) is 0 Å². The van der Waals surface area contributed by atoms with Gasteiger partial charge in [0.2, 0.25) is 0 Å². The van der Waals surface area contributed by atoms with Crippen molar-refractivity contribution in [3.8, 4) is 11.5 Å². The van der Waals surface area contributed by atoms with Crippen LogP contribution in [0.4, 0.5) is 65.5 Å². The summed E-state index contributed by atoms with van der Waals surface area (Å²) in [7, 11) is 2.91. The molecule has 8 aromatic rings. The number of fused-ring (bicyclic) bond motifs is 2. The number of carbonyl (C=O) groups is 2. The van der Waals surface area contributed by atoms with Gasteiger partial charge in [-0.1, -0.05) is 46.9 Å². The lowest BCUT2D eigenvalue weighted by molar-refractivity contribution is -0.143. The topological polar surface area (TPSA) is 84.9 Å². The second kappa shape index (κ2) is 18.2. The third-order valence-electron chi connectivity index (χ3n) is 9.42. The van der Waals surface area contributed by atoms with Crippen molar-refractivity contribution in [3.05, 3.63) is 167 Å². The first kappa shape index (κ1) is 45.9. The third-order valence-corrected chi connectivity index (χ3v) is 11.5. The number of anilines is 4. The lowest BCUT2D eigenvalue weighted by Gasteiger charge is -2.23. The second-order valence-corrected chi connectivity index (χ2v) is 15.6. The number of halogens is 10. The summed E-state index contributed by atoms with van der Waals surface area (Å²) in [4.78, 5) is 37.7. The van der Waals surface area contributed by atoms with Gasteiger partial charge < -0.3 is 9.47 Å². The van der Waals surface area contributed by atoms with Gasteiger partial charge in [-0.2, -0.15) is 39.5 Å². The second-order valence-electron chi connectivity index (χ2n) is 13.6. The molecule has 0 radical (unpaired) electrons. The van der Waals surface area contributed by atoms with Crippen LogP contribution in [-0.2, 0) is 18.5 Å². The molecule has 0 fully saturated rings. The molecule has 0 bridgehead atoms. The van der Waals surface area contributed by atoms with Gasteiger partial charge in [0.05, 0.1) is 73.8 Å². The Kier molecular flexibility index (Phi) is 12.9. The number of thiazole rings is 2. The Labute approximate surface area is 369 Å². The van der Waals surface area contributed by atoms with Crippen LogP contribution in [0.5, 0.6) is 11.5 Å². The first-order chi connectivity index (χ1) is 30.8. The van der Waals surface area contributed by atoms with E-state index in [2.05, 4.69) is 9.97 Å². The van der Waals surface area contributed by atoms with Gasteiger partial charge in [0.25, 0.3) is 11.8 Å². The monoisotopic (exact) mass is 942 g/mol. The number of nitrogens with zero attached hydrogens (tertiary/aromatic N) is 4. The summed E-state index contributed by atoms with van der Waals surface area (Å²) in [6.07, 6.45) is -14.9. The highest BCUT2D eigenvalue weighted by Gasteiger charge is 2.41. The number of carbonyl (C=O) groups excluding carboxylic acids is 2. The Bertz CT molecular complexity index is 2940. The molecule has 2 heterocycles. The molecule has 2 amide bonds. The van der Waals surface area contributed by atoms with E-state index < -0.39 is 64.0 Å². The molecule has 0 atom stereocenters. The molecule has 0 aliphatic rings. The van der Waals surface area contributed by atoms with Crippen LogP contribution in [0.2, 0.25) is 0 Å². The number of methoxy groups -OCH3 is 2. The van der Waals surface area contributed by atoms with Crippen LogP contribution in [-0.4, -0.2) is 36.0 Å². The maximum Gasteiger partial charge on any atom is 0.417 e. The summed E-state index contributed by atoms with van der Waals surface area (Å²) in [5, 5.41) is 0.319. The number of hydrogen-bond acceptors (Lipinski definition) is 8. The molecule has 2 aromatic heterocycles. The predicted molar refractivity (Wildman–Crippen MR) is 226 cm³/mol. The number of amides is 2. The molecular weight excluding hydrogens is 915 g/mol. The lowest BCUT2D eigenvalue weighted by Crippen LogP contribution is -2.28. The number of hydrogen-bond donors (Lipinski definition) is 0. The molecule has 0 unspecified atom stereocenters. The number of rotatable bonds is 8. The maximum atomic E-state index is 14.6. The standard InChI is InChI=1S/C23H14F6N2O2S.C22H14F4N2O2S/c1-33-15-9-7-14(8-10-15)31(21-30-18-4-2-3-5-19(18)34-21)20(32)16-11-6-13(22(24,25)26)12-17(16)23(27,28)29;1-30-15-9-7-14(8-10-15)28(21-27-18-4-2-3-5-19(18)31-21)20(29)16-11-6-13(12-17(16)23)22(24,25)26/h2-12H,1H3;2-12H,1H3. The van der Waals surface area contributed by atoms with Crippen molar-refractivity contribution in [1.82, 2.24) is 9.97 Å². The van der Waals surface area contributed by atoms with E-state index in [4.69, 9.17) is 9.47 Å². The Morgan fingerprint density at radius 2 is 0.908 bits per heavy atom. The molecule has 0 aliphatic carbocycles. The zero-order valence-electron chi connectivity index (χ0n) is 33.2. The number of aromatic nitrogens is 2. The van der Waals surface area contributed by atoms with Crippen LogP contribution >= 0.6 is 22.7 Å². The van der Waals surface area contributed by atoms with Gasteiger partial charge in [-0.25, -0.2) is 14.4 Å². The van der Waals surface area contributed by atoms with E-state index in [9.17, 15) is 53.5 Å². The Morgan fingerprint density at radius 3 is 1.29 bits per heavy atom. The van der Waals surface area contributed by atoms with Crippen molar-refractivity contribution in [2.24, 2.45) is 0 Å². The minimum atomic E-state index is -5.20. The number of ether oxygens (including phenoxy) is 2. The van der Waals surface area contributed by atoms with Crippen molar-refractivity contribution in [2.75, 3.05) is 24.0 Å². The van der Waals surface area contributed by atoms with Crippen molar-refractivity contribution >= 4 is 76.6 Å². The molecule has 0 saturated heterocycles. The van der Waals surface area contributed by atoms with Crippen molar-refractivity contribution < 1.29 is 63.0 Å². The van der Waals surface area contributed by atoms with E-state index in [1.165, 1.54) is 54.7 Å². The largest absolute Gasteiger partial charge is 0.497 e. The highest BCUT2D eigenvalue weighted by atomic mass is 32.1. The molecule has 0 spiro atoms. The van der Waals surface area contributed by atoms with E-state index in [0.29, 0.717) is 57.2 Å². The summed E-state index contributed by atoms with van der Waals surface area (Å²) in [5.74, 6) is -2.30. The predicted octanol–water partition coefficient (Wildman–Crippen LogP) is 13.8. The Morgan fingerprint density at radius 1 is 0.508 bits per heavy atom. The SMILES string of the molecule is COc1ccc(N(C(=O)c2ccc(C(F)(F)F)cc2C(F)(F)F)c2nc3ccccc3s2)cc1.COc1ccc(N(C(=O)c2ccc(C(F)(F)F)cc2F)c2nc3ccccc3s2)cc1.